The van der Waals surface area contributed by atoms with Crippen molar-refractivity contribution in [3.05, 3.63) is 18.2 Å². The van der Waals surface area contributed by atoms with Gasteiger partial charge in [0.05, 0.1) is 12.2 Å². The highest BCUT2D eigenvalue weighted by molar-refractivity contribution is 5.11. The maximum absolute atomic E-state index is 10.7. The Hall–Kier alpha value is -0.910. The molecule has 2 saturated heterocycles. The summed E-state index contributed by atoms with van der Waals surface area (Å²) < 4.78 is 7.81. The van der Waals surface area contributed by atoms with E-state index in [1.54, 1.807) is 6.20 Å². The summed E-state index contributed by atoms with van der Waals surface area (Å²) in [6.07, 6.45) is 6.19. The van der Waals surface area contributed by atoms with Crippen molar-refractivity contribution < 1.29 is 9.84 Å². The Bertz CT molecular complexity index is 412. The summed E-state index contributed by atoms with van der Waals surface area (Å²) in [6.45, 7) is 2.30. The second-order valence-electron chi connectivity index (χ2n) is 5.29. The van der Waals surface area contributed by atoms with Crippen LogP contribution in [0.4, 0.5) is 0 Å². The minimum Gasteiger partial charge on any atom is -0.379 e. The van der Waals surface area contributed by atoms with E-state index >= 15 is 0 Å². The average molecular weight is 237 g/mol. The summed E-state index contributed by atoms with van der Waals surface area (Å²) in [6, 6.07) is 0. The number of aliphatic hydroxyl groups is 1. The van der Waals surface area contributed by atoms with E-state index < -0.39 is 5.60 Å². The van der Waals surface area contributed by atoms with Crippen molar-refractivity contribution in [3.8, 4) is 0 Å². The van der Waals surface area contributed by atoms with Gasteiger partial charge in [-0.1, -0.05) is 0 Å². The monoisotopic (exact) mass is 237 g/mol. The predicted octanol–water partition coefficient (Wildman–Crippen LogP) is 0.150. The molecule has 2 aliphatic rings. The number of aryl methyl sites for hydroxylation is 1. The normalized spacial score (nSPS) is 32.1. The SMILES string of the molecule is Cn1ccnc1[C@@]1(O)COC2(CCNCC2)C1. The molecular formula is C12H19N3O2. The first kappa shape index (κ1) is 11.2. The lowest BCUT2D eigenvalue weighted by molar-refractivity contribution is -0.0290. The number of rotatable bonds is 1. The van der Waals surface area contributed by atoms with Crippen LogP contribution in [0.25, 0.3) is 0 Å². The maximum Gasteiger partial charge on any atom is 0.148 e. The summed E-state index contributed by atoms with van der Waals surface area (Å²) in [7, 11) is 1.91. The molecule has 2 aliphatic heterocycles. The second-order valence-corrected chi connectivity index (χ2v) is 5.29. The highest BCUT2D eigenvalue weighted by atomic mass is 16.5. The van der Waals surface area contributed by atoms with Crippen LogP contribution in [0.1, 0.15) is 25.1 Å². The highest BCUT2D eigenvalue weighted by Gasteiger charge is 2.51. The Balaban J connectivity index is 1.85. The van der Waals surface area contributed by atoms with Crippen molar-refractivity contribution in [2.45, 2.75) is 30.5 Å². The van der Waals surface area contributed by atoms with Crippen molar-refractivity contribution in [1.29, 1.82) is 0 Å². The lowest BCUT2D eigenvalue weighted by Gasteiger charge is -2.33. The molecule has 3 rings (SSSR count). The van der Waals surface area contributed by atoms with E-state index in [1.807, 2.05) is 17.8 Å². The molecule has 0 saturated carbocycles. The fourth-order valence-corrected chi connectivity index (χ4v) is 3.07. The Morgan fingerprint density at radius 2 is 2.24 bits per heavy atom. The molecule has 1 aromatic rings. The molecule has 2 N–H and O–H groups in total. The number of nitrogens with one attached hydrogen (secondary N) is 1. The Labute approximate surface area is 101 Å². The highest BCUT2D eigenvalue weighted by Crippen LogP contribution is 2.43. The van der Waals surface area contributed by atoms with Crippen molar-refractivity contribution in [3.63, 3.8) is 0 Å². The average Bonchev–Trinajstić information content (AvgIpc) is 2.87. The van der Waals surface area contributed by atoms with Crippen molar-refractivity contribution in [2.75, 3.05) is 19.7 Å². The van der Waals surface area contributed by atoms with Gasteiger partial charge in [-0.3, -0.25) is 0 Å². The van der Waals surface area contributed by atoms with Crippen molar-refractivity contribution in [2.24, 2.45) is 7.05 Å². The maximum atomic E-state index is 10.7. The fraction of sp³-hybridized carbons (Fsp3) is 0.750. The Kier molecular flexibility index (Phi) is 2.50. The molecule has 0 aromatic carbocycles. The van der Waals surface area contributed by atoms with Crippen LogP contribution in [-0.2, 0) is 17.4 Å². The van der Waals surface area contributed by atoms with Crippen molar-refractivity contribution in [1.82, 2.24) is 14.9 Å². The minimum atomic E-state index is -0.921. The van der Waals surface area contributed by atoms with E-state index in [0.29, 0.717) is 18.9 Å². The van der Waals surface area contributed by atoms with Crippen LogP contribution in [0.15, 0.2) is 12.4 Å². The molecule has 1 atom stereocenters. The van der Waals surface area contributed by atoms with Crippen LogP contribution < -0.4 is 5.32 Å². The summed E-state index contributed by atoms with van der Waals surface area (Å²) in [5.74, 6) is 0.716. The lowest BCUT2D eigenvalue weighted by Crippen LogP contribution is -2.42. The van der Waals surface area contributed by atoms with E-state index in [1.165, 1.54) is 0 Å². The number of imidazole rings is 1. The van der Waals surface area contributed by atoms with Gasteiger partial charge in [0.15, 0.2) is 0 Å². The zero-order chi connectivity index (χ0) is 11.9. The molecule has 0 radical (unpaired) electrons. The first-order chi connectivity index (χ1) is 8.14. The lowest BCUT2D eigenvalue weighted by atomic mass is 9.84. The topological polar surface area (TPSA) is 59.3 Å². The van der Waals surface area contributed by atoms with Crippen LogP contribution in [0.3, 0.4) is 0 Å². The van der Waals surface area contributed by atoms with Gasteiger partial charge in [-0.05, 0) is 25.9 Å². The van der Waals surface area contributed by atoms with Crippen LogP contribution in [-0.4, -0.2) is 40.0 Å². The smallest absolute Gasteiger partial charge is 0.148 e. The molecule has 5 heteroatoms. The molecular weight excluding hydrogens is 218 g/mol. The van der Waals surface area contributed by atoms with Gasteiger partial charge in [0, 0.05) is 25.9 Å². The third-order valence-electron chi connectivity index (χ3n) is 3.98. The number of aromatic nitrogens is 2. The summed E-state index contributed by atoms with van der Waals surface area (Å²) in [5, 5.41) is 14.0. The third-order valence-corrected chi connectivity index (χ3v) is 3.98. The quantitative estimate of drug-likeness (QED) is 0.730. The number of hydrogen-bond donors (Lipinski definition) is 2. The molecule has 0 aliphatic carbocycles. The second kappa shape index (κ2) is 3.80. The zero-order valence-corrected chi connectivity index (χ0v) is 10.1. The Morgan fingerprint density at radius 3 is 2.88 bits per heavy atom. The van der Waals surface area contributed by atoms with Crippen LogP contribution in [0, 0.1) is 0 Å². The number of ether oxygens (including phenoxy) is 1. The van der Waals surface area contributed by atoms with E-state index in [9.17, 15) is 5.11 Å². The van der Waals surface area contributed by atoms with Gasteiger partial charge in [0.25, 0.3) is 0 Å². The van der Waals surface area contributed by atoms with Gasteiger partial charge in [-0.25, -0.2) is 4.98 Å². The predicted molar refractivity (Wildman–Crippen MR) is 62.5 cm³/mol. The largest absolute Gasteiger partial charge is 0.379 e. The van der Waals surface area contributed by atoms with E-state index in [-0.39, 0.29) is 5.60 Å². The van der Waals surface area contributed by atoms with Crippen LogP contribution >= 0.6 is 0 Å². The molecule has 1 aromatic heterocycles. The van der Waals surface area contributed by atoms with Crippen LogP contribution in [0.5, 0.6) is 0 Å². The zero-order valence-electron chi connectivity index (χ0n) is 10.1. The number of hydrogen-bond acceptors (Lipinski definition) is 4. The summed E-state index contributed by atoms with van der Waals surface area (Å²) in [4.78, 5) is 4.26. The molecule has 0 unspecified atom stereocenters. The first-order valence-corrected chi connectivity index (χ1v) is 6.19. The standard InChI is InChI=1S/C12H19N3O2/c1-15-7-6-14-10(15)12(16)8-11(17-9-12)2-4-13-5-3-11/h6-7,13,16H,2-5,8-9H2,1H3/t12-/m0/s1. The number of piperidine rings is 1. The van der Waals surface area contributed by atoms with Gasteiger partial charge in [-0.15, -0.1) is 0 Å². The Morgan fingerprint density at radius 1 is 1.47 bits per heavy atom. The first-order valence-electron chi connectivity index (χ1n) is 6.19. The third kappa shape index (κ3) is 1.78. The fourth-order valence-electron chi connectivity index (χ4n) is 3.07. The summed E-state index contributed by atoms with van der Waals surface area (Å²) >= 11 is 0. The molecule has 1 spiro atoms. The molecule has 0 amide bonds. The number of nitrogens with zero attached hydrogens (tertiary/aromatic N) is 2. The van der Waals surface area contributed by atoms with E-state index in [2.05, 4.69) is 10.3 Å². The molecule has 17 heavy (non-hydrogen) atoms. The van der Waals surface area contributed by atoms with E-state index in [4.69, 9.17) is 4.74 Å². The molecule has 3 heterocycles. The van der Waals surface area contributed by atoms with Crippen molar-refractivity contribution >= 4 is 0 Å². The van der Waals surface area contributed by atoms with Gasteiger partial charge in [-0.2, -0.15) is 0 Å². The molecule has 5 nitrogen and oxygen atoms in total. The van der Waals surface area contributed by atoms with Gasteiger partial charge < -0.3 is 19.7 Å². The molecule has 94 valence electrons. The van der Waals surface area contributed by atoms with Gasteiger partial charge in [0.1, 0.15) is 11.4 Å². The van der Waals surface area contributed by atoms with Crippen LogP contribution in [0.2, 0.25) is 0 Å². The van der Waals surface area contributed by atoms with Gasteiger partial charge in [0.2, 0.25) is 0 Å². The van der Waals surface area contributed by atoms with Gasteiger partial charge >= 0.3 is 0 Å². The minimum absolute atomic E-state index is 0.147. The summed E-state index contributed by atoms with van der Waals surface area (Å²) in [5.41, 5.74) is -1.07. The molecule has 2 fully saturated rings. The molecule has 0 bridgehead atoms. The van der Waals surface area contributed by atoms with E-state index in [0.717, 1.165) is 25.9 Å².